The molecule has 0 bridgehead atoms. The Morgan fingerprint density at radius 2 is 1.96 bits per heavy atom. The summed E-state index contributed by atoms with van der Waals surface area (Å²) in [5, 5.41) is 8.36. The summed E-state index contributed by atoms with van der Waals surface area (Å²) in [5.74, 6) is 0. The number of nitrogens with one attached hydrogen (secondary N) is 1. The standard InChI is InChI=1S/C15H12BrN3O3S/c1-10-2-5-12(6-3-10)23(20,21)19-17-9-14-13-7-4-11(16)8-15(13)22-18-14/h2-9,19H,1H3/b17-9+. The summed E-state index contributed by atoms with van der Waals surface area (Å²) in [6, 6.07) is 11.9. The van der Waals surface area contributed by atoms with Crippen LogP contribution < -0.4 is 4.83 Å². The first kappa shape index (κ1) is 15.7. The first-order valence-corrected chi connectivity index (χ1v) is 8.90. The van der Waals surface area contributed by atoms with Gasteiger partial charge in [-0.3, -0.25) is 0 Å². The van der Waals surface area contributed by atoms with Gasteiger partial charge in [-0.2, -0.15) is 13.5 Å². The van der Waals surface area contributed by atoms with Gasteiger partial charge in [0.25, 0.3) is 10.0 Å². The zero-order valence-corrected chi connectivity index (χ0v) is 14.4. The molecule has 0 fully saturated rings. The maximum absolute atomic E-state index is 12.1. The normalized spacial score (nSPS) is 12.1. The molecule has 3 rings (SSSR count). The van der Waals surface area contributed by atoms with Crippen molar-refractivity contribution in [2.24, 2.45) is 5.10 Å². The number of hydrogen-bond donors (Lipinski definition) is 1. The molecular weight excluding hydrogens is 382 g/mol. The predicted molar refractivity (Wildman–Crippen MR) is 90.8 cm³/mol. The monoisotopic (exact) mass is 393 g/mol. The maximum atomic E-state index is 12.1. The minimum Gasteiger partial charge on any atom is -0.356 e. The fraction of sp³-hybridized carbons (Fsp3) is 0.0667. The van der Waals surface area contributed by atoms with E-state index in [1.807, 2.05) is 19.1 Å². The Morgan fingerprint density at radius 1 is 1.22 bits per heavy atom. The molecule has 0 unspecified atom stereocenters. The highest BCUT2D eigenvalue weighted by molar-refractivity contribution is 9.10. The Bertz CT molecular complexity index is 979. The van der Waals surface area contributed by atoms with Crippen LogP contribution in [0.2, 0.25) is 0 Å². The van der Waals surface area contributed by atoms with Crippen LogP contribution in [0.25, 0.3) is 11.0 Å². The number of rotatable bonds is 4. The van der Waals surface area contributed by atoms with Gasteiger partial charge >= 0.3 is 0 Å². The molecule has 0 aliphatic rings. The largest absolute Gasteiger partial charge is 0.356 e. The summed E-state index contributed by atoms with van der Waals surface area (Å²) in [7, 11) is -3.70. The van der Waals surface area contributed by atoms with Crippen molar-refractivity contribution in [1.29, 1.82) is 0 Å². The second-order valence-corrected chi connectivity index (χ2v) is 7.45. The Labute approximate surface area is 141 Å². The lowest BCUT2D eigenvalue weighted by Crippen LogP contribution is -2.18. The summed E-state index contributed by atoms with van der Waals surface area (Å²) in [6.45, 7) is 1.88. The molecule has 0 atom stereocenters. The summed E-state index contributed by atoms with van der Waals surface area (Å²) < 4.78 is 30.2. The molecule has 0 radical (unpaired) electrons. The van der Waals surface area contributed by atoms with Crippen LogP contribution in [0.5, 0.6) is 0 Å². The minimum atomic E-state index is -3.70. The number of fused-ring (bicyclic) bond motifs is 1. The van der Waals surface area contributed by atoms with Crippen molar-refractivity contribution in [1.82, 2.24) is 9.99 Å². The molecule has 3 aromatic rings. The van der Waals surface area contributed by atoms with Crippen LogP contribution in [0.3, 0.4) is 0 Å². The smallest absolute Gasteiger partial charge is 0.276 e. The number of benzene rings is 2. The van der Waals surface area contributed by atoms with Crippen LogP contribution in [-0.2, 0) is 10.0 Å². The number of aryl methyl sites for hydroxylation is 1. The molecule has 1 aromatic heterocycles. The van der Waals surface area contributed by atoms with Gasteiger partial charge in [0.05, 0.1) is 16.5 Å². The molecule has 1 N–H and O–H groups in total. The van der Waals surface area contributed by atoms with E-state index in [4.69, 9.17) is 4.52 Å². The van der Waals surface area contributed by atoms with Gasteiger partial charge in [-0.1, -0.05) is 38.8 Å². The van der Waals surface area contributed by atoms with Crippen molar-refractivity contribution in [3.05, 3.63) is 58.2 Å². The van der Waals surface area contributed by atoms with E-state index in [9.17, 15) is 8.42 Å². The zero-order chi connectivity index (χ0) is 16.4. The van der Waals surface area contributed by atoms with Crippen molar-refractivity contribution < 1.29 is 12.9 Å². The van der Waals surface area contributed by atoms with E-state index < -0.39 is 10.0 Å². The van der Waals surface area contributed by atoms with Gasteiger partial charge in [-0.25, -0.2) is 4.83 Å². The molecular formula is C15H12BrN3O3S. The third kappa shape index (κ3) is 3.43. The van der Waals surface area contributed by atoms with Gasteiger partial charge in [0.2, 0.25) is 0 Å². The fourth-order valence-corrected chi connectivity index (χ4v) is 3.08. The number of hydrazone groups is 1. The number of sulfonamides is 1. The van der Waals surface area contributed by atoms with E-state index in [-0.39, 0.29) is 4.90 Å². The van der Waals surface area contributed by atoms with Crippen molar-refractivity contribution in [3.63, 3.8) is 0 Å². The molecule has 0 saturated heterocycles. The topological polar surface area (TPSA) is 84.6 Å². The average Bonchev–Trinajstić information content (AvgIpc) is 2.90. The highest BCUT2D eigenvalue weighted by Crippen LogP contribution is 2.21. The van der Waals surface area contributed by atoms with E-state index in [1.54, 1.807) is 18.2 Å². The van der Waals surface area contributed by atoms with E-state index in [2.05, 4.69) is 31.0 Å². The van der Waals surface area contributed by atoms with Crippen LogP contribution in [-0.4, -0.2) is 19.8 Å². The Morgan fingerprint density at radius 3 is 2.70 bits per heavy atom. The summed E-state index contributed by atoms with van der Waals surface area (Å²) in [5.41, 5.74) is 2.01. The third-order valence-electron chi connectivity index (χ3n) is 3.15. The van der Waals surface area contributed by atoms with Crippen LogP contribution in [0.15, 0.2) is 61.5 Å². The molecule has 1 heterocycles. The van der Waals surface area contributed by atoms with Gasteiger partial charge in [0, 0.05) is 4.47 Å². The molecule has 6 nitrogen and oxygen atoms in total. The second-order valence-electron chi connectivity index (χ2n) is 4.87. The molecule has 23 heavy (non-hydrogen) atoms. The molecule has 0 amide bonds. The first-order chi connectivity index (χ1) is 11.0. The minimum absolute atomic E-state index is 0.147. The predicted octanol–water partition coefficient (Wildman–Crippen LogP) is 3.21. The zero-order valence-electron chi connectivity index (χ0n) is 12.0. The van der Waals surface area contributed by atoms with E-state index in [0.717, 1.165) is 15.4 Å². The van der Waals surface area contributed by atoms with Gasteiger partial charge in [-0.15, -0.1) is 0 Å². The van der Waals surface area contributed by atoms with Crippen LogP contribution in [0.4, 0.5) is 0 Å². The Balaban J connectivity index is 1.81. The first-order valence-electron chi connectivity index (χ1n) is 6.62. The summed E-state index contributed by atoms with van der Waals surface area (Å²) >= 11 is 3.34. The number of nitrogens with zero attached hydrogens (tertiary/aromatic N) is 2. The lowest BCUT2D eigenvalue weighted by Gasteiger charge is -2.02. The Hall–Kier alpha value is -2.19. The van der Waals surface area contributed by atoms with Crippen LogP contribution >= 0.6 is 15.9 Å². The van der Waals surface area contributed by atoms with Crippen molar-refractivity contribution in [3.8, 4) is 0 Å². The molecule has 118 valence electrons. The molecule has 0 aliphatic heterocycles. The highest BCUT2D eigenvalue weighted by Gasteiger charge is 2.12. The highest BCUT2D eigenvalue weighted by atomic mass is 79.9. The number of hydrogen-bond acceptors (Lipinski definition) is 5. The molecule has 0 aliphatic carbocycles. The van der Waals surface area contributed by atoms with Crippen molar-refractivity contribution in [2.75, 3.05) is 0 Å². The molecule has 8 heteroatoms. The number of halogens is 1. The quantitative estimate of drug-likeness (QED) is 0.544. The lowest BCUT2D eigenvalue weighted by atomic mass is 10.2. The summed E-state index contributed by atoms with van der Waals surface area (Å²) in [4.78, 5) is 2.31. The van der Waals surface area contributed by atoms with E-state index in [1.165, 1.54) is 18.3 Å². The Kier molecular flexibility index (Phi) is 4.18. The van der Waals surface area contributed by atoms with Crippen LogP contribution in [0, 0.1) is 6.92 Å². The molecule has 0 spiro atoms. The van der Waals surface area contributed by atoms with E-state index >= 15 is 0 Å². The van der Waals surface area contributed by atoms with Crippen molar-refractivity contribution in [2.45, 2.75) is 11.8 Å². The molecule has 0 saturated carbocycles. The number of aromatic nitrogens is 1. The third-order valence-corrected chi connectivity index (χ3v) is 4.88. The average molecular weight is 394 g/mol. The van der Waals surface area contributed by atoms with Gasteiger partial charge < -0.3 is 4.52 Å². The fourth-order valence-electron chi connectivity index (χ4n) is 1.95. The summed E-state index contributed by atoms with van der Waals surface area (Å²) in [6.07, 6.45) is 1.31. The molecule has 2 aromatic carbocycles. The van der Waals surface area contributed by atoms with E-state index in [0.29, 0.717) is 11.3 Å². The van der Waals surface area contributed by atoms with Gasteiger partial charge in [0.1, 0.15) is 5.69 Å². The second kappa shape index (κ2) is 6.13. The van der Waals surface area contributed by atoms with Gasteiger partial charge in [-0.05, 0) is 37.3 Å². The SMILES string of the molecule is Cc1ccc(S(=O)(=O)N/N=C/c2noc3cc(Br)ccc23)cc1. The van der Waals surface area contributed by atoms with Crippen LogP contribution in [0.1, 0.15) is 11.3 Å². The van der Waals surface area contributed by atoms with Gasteiger partial charge in [0.15, 0.2) is 5.58 Å². The maximum Gasteiger partial charge on any atom is 0.276 e. The van der Waals surface area contributed by atoms with Crippen molar-refractivity contribution >= 4 is 43.1 Å². The lowest BCUT2D eigenvalue weighted by molar-refractivity contribution is 0.455.